The lowest BCUT2D eigenvalue weighted by molar-refractivity contribution is -0.132. The van der Waals surface area contributed by atoms with Crippen molar-refractivity contribution in [1.29, 1.82) is 0 Å². The molecule has 1 fully saturated rings. The van der Waals surface area contributed by atoms with Crippen LogP contribution in [0.4, 0.5) is 4.79 Å². The number of rotatable bonds is 4. The third-order valence-electron chi connectivity index (χ3n) is 2.73. The SMILES string of the molecule is COc1ccc(CN=CC2C(=O)NC(=O)NC2=O)cc1. The summed E-state index contributed by atoms with van der Waals surface area (Å²) in [4.78, 5) is 37.8. The largest absolute Gasteiger partial charge is 0.497 e. The van der Waals surface area contributed by atoms with E-state index in [1.807, 2.05) is 22.8 Å². The van der Waals surface area contributed by atoms with Gasteiger partial charge in [0.25, 0.3) is 0 Å². The lowest BCUT2D eigenvalue weighted by Gasteiger charge is -2.16. The molecule has 2 rings (SSSR count). The maximum Gasteiger partial charge on any atom is 0.328 e. The highest BCUT2D eigenvalue weighted by Crippen LogP contribution is 2.12. The second kappa shape index (κ2) is 5.96. The van der Waals surface area contributed by atoms with E-state index in [0.29, 0.717) is 6.54 Å². The number of aliphatic imine (C=N–C) groups is 1. The molecule has 2 N–H and O–H groups in total. The molecule has 104 valence electrons. The predicted octanol–water partition coefficient (Wildman–Crippen LogP) is 0.248. The lowest BCUT2D eigenvalue weighted by atomic mass is 10.1. The zero-order chi connectivity index (χ0) is 14.5. The van der Waals surface area contributed by atoms with Gasteiger partial charge in [-0.05, 0) is 17.7 Å². The maximum atomic E-state index is 11.4. The normalized spacial score (nSPS) is 16.1. The molecule has 0 saturated carbocycles. The van der Waals surface area contributed by atoms with Crippen LogP contribution < -0.4 is 15.4 Å². The lowest BCUT2D eigenvalue weighted by Crippen LogP contribution is -2.56. The first-order valence-corrected chi connectivity index (χ1v) is 5.88. The number of amides is 4. The summed E-state index contributed by atoms with van der Waals surface area (Å²) in [7, 11) is 1.58. The molecule has 1 aromatic carbocycles. The molecule has 7 heteroatoms. The molecule has 20 heavy (non-hydrogen) atoms. The number of hydrogen-bond donors (Lipinski definition) is 2. The molecule has 4 amide bonds. The molecule has 1 aromatic rings. The Labute approximate surface area is 115 Å². The van der Waals surface area contributed by atoms with Gasteiger partial charge in [0, 0.05) is 6.21 Å². The summed E-state index contributed by atoms with van der Waals surface area (Å²) in [6.07, 6.45) is 1.24. The topological polar surface area (TPSA) is 96.9 Å². The van der Waals surface area contributed by atoms with E-state index >= 15 is 0 Å². The number of nitrogens with one attached hydrogen (secondary N) is 2. The van der Waals surface area contributed by atoms with Crippen molar-refractivity contribution in [3.8, 4) is 5.75 Å². The standard InChI is InChI=1S/C13H13N3O4/c1-20-9-4-2-8(3-5-9)6-14-7-10-11(17)15-13(19)16-12(10)18/h2-5,7,10H,6H2,1H3,(H2,15,16,17,18,19). The molecule has 0 unspecified atom stereocenters. The van der Waals surface area contributed by atoms with Crippen molar-refractivity contribution in [3.63, 3.8) is 0 Å². The first kappa shape index (κ1) is 13.7. The van der Waals surface area contributed by atoms with E-state index in [2.05, 4.69) is 4.99 Å². The minimum Gasteiger partial charge on any atom is -0.497 e. The van der Waals surface area contributed by atoms with Crippen LogP contribution in [0.3, 0.4) is 0 Å². The van der Waals surface area contributed by atoms with E-state index in [1.165, 1.54) is 6.21 Å². The van der Waals surface area contributed by atoms with Gasteiger partial charge in [-0.25, -0.2) is 4.79 Å². The fourth-order valence-corrected chi connectivity index (χ4v) is 1.66. The number of benzene rings is 1. The molecule has 0 aliphatic carbocycles. The summed E-state index contributed by atoms with van der Waals surface area (Å²) >= 11 is 0. The van der Waals surface area contributed by atoms with Crippen LogP contribution in [0.15, 0.2) is 29.3 Å². The molecule has 0 bridgehead atoms. The number of methoxy groups -OCH3 is 1. The van der Waals surface area contributed by atoms with E-state index < -0.39 is 23.8 Å². The predicted molar refractivity (Wildman–Crippen MR) is 70.4 cm³/mol. The number of barbiturate groups is 1. The molecule has 0 aromatic heterocycles. The number of nitrogens with zero attached hydrogens (tertiary/aromatic N) is 1. The van der Waals surface area contributed by atoms with Crippen LogP contribution in [0, 0.1) is 5.92 Å². The van der Waals surface area contributed by atoms with Crippen molar-refractivity contribution in [3.05, 3.63) is 29.8 Å². The fraction of sp³-hybridized carbons (Fsp3) is 0.231. The van der Waals surface area contributed by atoms with Crippen LogP contribution >= 0.6 is 0 Å². The van der Waals surface area contributed by atoms with E-state index in [9.17, 15) is 14.4 Å². The van der Waals surface area contributed by atoms with Gasteiger partial charge < -0.3 is 4.74 Å². The molecule has 1 aliphatic rings. The van der Waals surface area contributed by atoms with Gasteiger partial charge in [-0.3, -0.25) is 25.2 Å². The van der Waals surface area contributed by atoms with Gasteiger partial charge >= 0.3 is 6.03 Å². The third kappa shape index (κ3) is 3.19. The number of urea groups is 1. The van der Waals surface area contributed by atoms with Crippen molar-refractivity contribution >= 4 is 24.1 Å². The van der Waals surface area contributed by atoms with E-state index in [-0.39, 0.29) is 0 Å². The summed E-state index contributed by atoms with van der Waals surface area (Å²) < 4.78 is 5.03. The van der Waals surface area contributed by atoms with Gasteiger partial charge in [0.05, 0.1) is 13.7 Å². The minimum atomic E-state index is -1.08. The number of carbonyl (C=O) groups is 3. The van der Waals surface area contributed by atoms with E-state index in [1.54, 1.807) is 19.2 Å². The van der Waals surface area contributed by atoms with Crippen LogP contribution in [0.25, 0.3) is 0 Å². The Hall–Kier alpha value is -2.70. The summed E-state index contributed by atoms with van der Waals surface area (Å²) in [5.41, 5.74) is 0.912. The van der Waals surface area contributed by atoms with E-state index in [4.69, 9.17) is 4.74 Å². The second-order valence-electron chi connectivity index (χ2n) is 4.12. The molecule has 1 saturated heterocycles. The zero-order valence-corrected chi connectivity index (χ0v) is 10.8. The van der Waals surface area contributed by atoms with Gasteiger partial charge in [0.15, 0.2) is 5.92 Å². The first-order chi connectivity index (χ1) is 9.60. The summed E-state index contributed by atoms with van der Waals surface area (Å²) in [6.45, 7) is 0.328. The molecule has 1 heterocycles. The average Bonchev–Trinajstić information content (AvgIpc) is 2.42. The molecular weight excluding hydrogens is 262 g/mol. The van der Waals surface area contributed by atoms with Gasteiger partial charge in [-0.2, -0.15) is 0 Å². The van der Waals surface area contributed by atoms with Crippen LogP contribution in [-0.2, 0) is 16.1 Å². The Morgan fingerprint density at radius 3 is 2.30 bits per heavy atom. The van der Waals surface area contributed by atoms with Gasteiger partial charge in [-0.1, -0.05) is 12.1 Å². The number of carbonyl (C=O) groups excluding carboxylic acids is 3. The Morgan fingerprint density at radius 1 is 1.15 bits per heavy atom. The van der Waals surface area contributed by atoms with Crippen molar-refractivity contribution in [1.82, 2.24) is 10.6 Å². The fourth-order valence-electron chi connectivity index (χ4n) is 1.66. The smallest absolute Gasteiger partial charge is 0.328 e. The summed E-state index contributed by atoms with van der Waals surface area (Å²) in [5, 5.41) is 4.01. The monoisotopic (exact) mass is 275 g/mol. The highest BCUT2D eigenvalue weighted by molar-refractivity contribution is 6.23. The molecule has 1 aliphatic heterocycles. The summed E-state index contributed by atoms with van der Waals surface area (Å²) in [6, 6.07) is 6.45. The van der Waals surface area contributed by atoms with Gasteiger partial charge in [-0.15, -0.1) is 0 Å². The van der Waals surface area contributed by atoms with Crippen molar-refractivity contribution in [2.75, 3.05) is 7.11 Å². The van der Waals surface area contributed by atoms with Gasteiger partial charge in [0.1, 0.15) is 5.75 Å². The van der Waals surface area contributed by atoms with Crippen LogP contribution in [0.5, 0.6) is 5.75 Å². The zero-order valence-electron chi connectivity index (χ0n) is 10.8. The highest BCUT2D eigenvalue weighted by Gasteiger charge is 2.32. The quantitative estimate of drug-likeness (QED) is 0.608. The number of ether oxygens (including phenoxy) is 1. The summed E-state index contributed by atoms with van der Waals surface area (Å²) in [5.74, 6) is -1.68. The second-order valence-corrected chi connectivity index (χ2v) is 4.12. The van der Waals surface area contributed by atoms with Crippen molar-refractivity contribution in [2.45, 2.75) is 6.54 Å². The van der Waals surface area contributed by atoms with Crippen LogP contribution in [0.1, 0.15) is 5.56 Å². The highest BCUT2D eigenvalue weighted by atomic mass is 16.5. The minimum absolute atomic E-state index is 0.328. The van der Waals surface area contributed by atoms with Crippen molar-refractivity contribution in [2.24, 2.45) is 10.9 Å². The molecular formula is C13H13N3O4. The van der Waals surface area contributed by atoms with E-state index in [0.717, 1.165) is 11.3 Å². The Morgan fingerprint density at radius 2 is 1.75 bits per heavy atom. The van der Waals surface area contributed by atoms with Crippen molar-refractivity contribution < 1.29 is 19.1 Å². The Kier molecular flexibility index (Phi) is 4.09. The molecule has 7 nitrogen and oxygen atoms in total. The van der Waals surface area contributed by atoms with Crippen LogP contribution in [0.2, 0.25) is 0 Å². The maximum absolute atomic E-state index is 11.4. The first-order valence-electron chi connectivity index (χ1n) is 5.88. The molecule has 0 spiro atoms. The van der Waals surface area contributed by atoms with Gasteiger partial charge in [0.2, 0.25) is 11.8 Å². The Balaban J connectivity index is 1.96. The number of imide groups is 2. The number of hydrogen-bond acceptors (Lipinski definition) is 5. The van der Waals surface area contributed by atoms with Crippen LogP contribution in [-0.4, -0.2) is 31.2 Å². The third-order valence-corrected chi connectivity index (χ3v) is 2.73. The average molecular weight is 275 g/mol. The Bertz CT molecular complexity index is 545. The molecule has 0 atom stereocenters. The molecule has 0 radical (unpaired) electrons.